The number of aryl methyl sites for hydroxylation is 1. The van der Waals surface area contributed by atoms with Crippen molar-refractivity contribution in [2.75, 3.05) is 18.5 Å². The smallest absolute Gasteiger partial charge is 0.412 e. The van der Waals surface area contributed by atoms with E-state index in [1.165, 1.54) is 0 Å². The molecule has 1 aliphatic rings. The second-order valence-corrected chi connectivity index (χ2v) is 7.23. The predicted molar refractivity (Wildman–Crippen MR) is 90.5 cm³/mol. The molecule has 1 heterocycles. The summed E-state index contributed by atoms with van der Waals surface area (Å²) < 4.78 is 10.6. The van der Waals surface area contributed by atoms with Crippen LogP contribution in [0.5, 0.6) is 0 Å². The number of benzene rings is 1. The van der Waals surface area contributed by atoms with Crippen LogP contribution in [0.15, 0.2) is 18.2 Å². The Morgan fingerprint density at radius 3 is 2.46 bits per heavy atom. The molecule has 0 aromatic heterocycles. The first kappa shape index (κ1) is 18.2. The fourth-order valence-electron chi connectivity index (χ4n) is 2.66. The van der Waals surface area contributed by atoms with Crippen molar-refractivity contribution in [3.05, 3.63) is 29.3 Å². The van der Waals surface area contributed by atoms with E-state index < -0.39 is 17.1 Å². The van der Waals surface area contributed by atoms with E-state index in [0.29, 0.717) is 18.9 Å². The Bertz CT molecular complexity index is 633. The number of nitrogens with one attached hydrogen (secondary N) is 2. The first-order valence-electron chi connectivity index (χ1n) is 7.83. The van der Waals surface area contributed by atoms with Gasteiger partial charge in [0.25, 0.3) is 0 Å². The minimum absolute atomic E-state index is 0.235. The molecule has 0 bridgehead atoms. The average molecular weight is 335 g/mol. The van der Waals surface area contributed by atoms with Crippen molar-refractivity contribution < 1.29 is 19.1 Å². The summed E-state index contributed by atoms with van der Waals surface area (Å²) in [4.78, 5) is 23.7. The van der Waals surface area contributed by atoms with E-state index in [4.69, 9.17) is 15.3 Å². The molecule has 0 unspecified atom stereocenters. The molecule has 24 heavy (non-hydrogen) atoms. The number of carbonyl (C=O) groups excluding carboxylic acids is 2. The molecule has 4 N–H and O–H groups in total. The lowest BCUT2D eigenvalue weighted by molar-refractivity contribution is -0.129. The fourth-order valence-corrected chi connectivity index (χ4v) is 2.66. The summed E-state index contributed by atoms with van der Waals surface area (Å²) in [6, 6.07) is 5.69. The number of hydrazine groups is 1. The van der Waals surface area contributed by atoms with Crippen molar-refractivity contribution in [1.82, 2.24) is 5.43 Å². The fraction of sp³-hybridized carbons (Fsp3) is 0.529. The van der Waals surface area contributed by atoms with Gasteiger partial charge in [-0.2, -0.15) is 0 Å². The Balaban J connectivity index is 2.22. The van der Waals surface area contributed by atoms with Gasteiger partial charge in [0, 0.05) is 12.1 Å². The van der Waals surface area contributed by atoms with Crippen molar-refractivity contribution >= 4 is 17.7 Å². The SMILES string of the molecule is Cc1cc(NC(=O)OC(C)(C)C)cc(C2(CC(=O)NN)COC2)c1. The van der Waals surface area contributed by atoms with Crippen LogP contribution < -0.4 is 16.6 Å². The van der Waals surface area contributed by atoms with Crippen molar-refractivity contribution in [1.29, 1.82) is 0 Å². The molecule has 1 fully saturated rings. The lowest BCUT2D eigenvalue weighted by atomic mass is 9.75. The van der Waals surface area contributed by atoms with Crippen molar-refractivity contribution in [3.8, 4) is 0 Å². The highest BCUT2D eigenvalue weighted by atomic mass is 16.6. The number of ether oxygens (including phenoxy) is 2. The van der Waals surface area contributed by atoms with Gasteiger partial charge in [-0.25, -0.2) is 10.6 Å². The summed E-state index contributed by atoms with van der Waals surface area (Å²) in [5.41, 5.74) is 3.70. The van der Waals surface area contributed by atoms with E-state index >= 15 is 0 Å². The number of anilines is 1. The van der Waals surface area contributed by atoms with Crippen LogP contribution in [0.1, 0.15) is 38.3 Å². The highest BCUT2D eigenvalue weighted by molar-refractivity contribution is 5.85. The maximum absolute atomic E-state index is 12.0. The van der Waals surface area contributed by atoms with Crippen LogP contribution >= 0.6 is 0 Å². The van der Waals surface area contributed by atoms with Crippen LogP contribution in [0.25, 0.3) is 0 Å². The van der Waals surface area contributed by atoms with E-state index in [1.807, 2.05) is 25.1 Å². The molecular formula is C17H25N3O4. The first-order chi connectivity index (χ1) is 11.1. The molecule has 2 amide bonds. The molecule has 1 aliphatic heterocycles. The van der Waals surface area contributed by atoms with Gasteiger partial charge in [-0.05, 0) is 51.0 Å². The molecule has 1 saturated heterocycles. The zero-order valence-electron chi connectivity index (χ0n) is 14.6. The Labute approximate surface area is 141 Å². The lowest BCUT2D eigenvalue weighted by Gasteiger charge is -2.41. The third kappa shape index (κ3) is 4.46. The summed E-state index contributed by atoms with van der Waals surface area (Å²) in [5, 5.41) is 2.74. The zero-order chi connectivity index (χ0) is 18.0. The van der Waals surface area contributed by atoms with Crippen LogP contribution in [0.2, 0.25) is 0 Å². The molecule has 1 aromatic carbocycles. The molecular weight excluding hydrogens is 310 g/mol. The van der Waals surface area contributed by atoms with Crippen LogP contribution in [-0.4, -0.2) is 30.8 Å². The second kappa shape index (κ2) is 6.78. The average Bonchev–Trinajstić information content (AvgIpc) is 2.39. The Hall–Kier alpha value is -2.12. The molecule has 0 radical (unpaired) electrons. The molecule has 132 valence electrons. The number of hydrogen-bond acceptors (Lipinski definition) is 5. The molecule has 0 atom stereocenters. The van der Waals surface area contributed by atoms with Gasteiger partial charge in [-0.1, -0.05) is 6.07 Å². The van der Waals surface area contributed by atoms with Crippen LogP contribution in [0, 0.1) is 6.92 Å². The van der Waals surface area contributed by atoms with Gasteiger partial charge in [0.15, 0.2) is 0 Å². The number of nitrogens with two attached hydrogens (primary N) is 1. The Morgan fingerprint density at radius 2 is 1.96 bits per heavy atom. The third-order valence-electron chi connectivity index (χ3n) is 3.75. The van der Waals surface area contributed by atoms with Crippen molar-refractivity contribution in [2.45, 2.75) is 45.1 Å². The minimum Gasteiger partial charge on any atom is -0.444 e. The largest absolute Gasteiger partial charge is 0.444 e. The molecule has 1 aromatic rings. The quantitative estimate of drug-likeness (QED) is 0.444. The number of rotatable bonds is 4. The number of carbonyl (C=O) groups is 2. The molecule has 7 nitrogen and oxygen atoms in total. The maximum atomic E-state index is 12.0. The first-order valence-corrected chi connectivity index (χ1v) is 7.83. The third-order valence-corrected chi connectivity index (χ3v) is 3.75. The topological polar surface area (TPSA) is 103 Å². The molecule has 2 rings (SSSR count). The van der Waals surface area contributed by atoms with Crippen LogP contribution in [-0.2, 0) is 19.7 Å². The monoisotopic (exact) mass is 335 g/mol. The lowest BCUT2D eigenvalue weighted by Crippen LogP contribution is -2.50. The standard InChI is InChI=1S/C17H25N3O4/c1-11-5-12(17(9-23-10-17)8-14(21)20-18)7-13(6-11)19-15(22)24-16(2,3)4/h5-7H,8-10,18H2,1-4H3,(H,19,22)(H,20,21). The molecule has 0 spiro atoms. The Kier molecular flexibility index (Phi) is 5.15. The number of amides is 2. The summed E-state index contributed by atoms with van der Waals surface area (Å²) >= 11 is 0. The summed E-state index contributed by atoms with van der Waals surface area (Å²) in [5.74, 6) is 4.96. The minimum atomic E-state index is -0.570. The highest BCUT2D eigenvalue weighted by Crippen LogP contribution is 2.37. The van der Waals surface area contributed by atoms with Crippen molar-refractivity contribution in [3.63, 3.8) is 0 Å². The van der Waals surface area contributed by atoms with Gasteiger partial charge in [0.05, 0.1) is 18.6 Å². The van der Waals surface area contributed by atoms with Gasteiger partial charge in [-0.3, -0.25) is 15.5 Å². The van der Waals surface area contributed by atoms with Gasteiger partial charge in [0.2, 0.25) is 5.91 Å². The van der Waals surface area contributed by atoms with Gasteiger partial charge in [0.1, 0.15) is 5.60 Å². The highest BCUT2D eigenvalue weighted by Gasteiger charge is 2.42. The van der Waals surface area contributed by atoms with E-state index in [2.05, 4.69) is 10.7 Å². The summed E-state index contributed by atoms with van der Waals surface area (Å²) in [6.45, 7) is 8.23. The predicted octanol–water partition coefficient (Wildman–Crippen LogP) is 1.99. The van der Waals surface area contributed by atoms with Gasteiger partial charge >= 0.3 is 6.09 Å². The summed E-state index contributed by atoms with van der Waals surface area (Å²) in [7, 11) is 0. The van der Waals surface area contributed by atoms with E-state index in [9.17, 15) is 9.59 Å². The Morgan fingerprint density at radius 1 is 1.29 bits per heavy atom. The molecule has 0 saturated carbocycles. The molecule has 7 heteroatoms. The second-order valence-electron chi connectivity index (χ2n) is 7.23. The van der Waals surface area contributed by atoms with Crippen molar-refractivity contribution in [2.24, 2.45) is 5.84 Å². The van der Waals surface area contributed by atoms with Gasteiger partial charge in [-0.15, -0.1) is 0 Å². The van der Waals surface area contributed by atoms with E-state index in [-0.39, 0.29) is 12.3 Å². The zero-order valence-corrected chi connectivity index (χ0v) is 14.6. The summed E-state index contributed by atoms with van der Waals surface area (Å²) in [6.07, 6.45) is -0.281. The van der Waals surface area contributed by atoms with Crippen LogP contribution in [0.4, 0.5) is 10.5 Å². The normalized spacial score (nSPS) is 16.0. The number of hydrogen-bond donors (Lipinski definition) is 3. The van der Waals surface area contributed by atoms with Crippen LogP contribution in [0.3, 0.4) is 0 Å². The van der Waals surface area contributed by atoms with E-state index in [1.54, 1.807) is 20.8 Å². The van der Waals surface area contributed by atoms with E-state index in [0.717, 1.165) is 11.1 Å². The molecule has 0 aliphatic carbocycles. The van der Waals surface area contributed by atoms with Gasteiger partial charge < -0.3 is 9.47 Å². The maximum Gasteiger partial charge on any atom is 0.412 e.